The number of aliphatic carboxylic acids is 2. The molecule has 0 saturated heterocycles. The van der Waals surface area contributed by atoms with E-state index in [1.165, 1.54) is 31.2 Å². The van der Waals surface area contributed by atoms with Gasteiger partial charge in [-0.15, -0.1) is 0 Å². The molecule has 0 aliphatic carbocycles. The van der Waals surface area contributed by atoms with E-state index in [0.717, 1.165) is 12.1 Å². The van der Waals surface area contributed by atoms with Crippen molar-refractivity contribution in [2.75, 3.05) is 5.75 Å². The van der Waals surface area contributed by atoms with Crippen LogP contribution in [0.5, 0.6) is 0 Å². The molecule has 0 unspecified atom stereocenters. The van der Waals surface area contributed by atoms with E-state index in [4.69, 9.17) is 9.79 Å². The molecule has 2 aromatic carbocycles. The zero-order chi connectivity index (χ0) is 25.9. The fraction of sp³-hybridized carbons (Fsp3) is 0.333. The molecule has 0 radical (unpaired) electrons. The second-order valence-electron chi connectivity index (χ2n) is 7.82. The molecular formula is C21H23F2O9PS. The van der Waals surface area contributed by atoms with Crippen LogP contribution in [-0.2, 0) is 48.2 Å². The maximum Gasteiger partial charge on any atom is 0.399 e. The molecule has 0 aliphatic heterocycles. The van der Waals surface area contributed by atoms with Gasteiger partial charge in [-0.25, -0.2) is 8.42 Å². The van der Waals surface area contributed by atoms with Crippen LogP contribution in [0.3, 0.4) is 0 Å². The highest BCUT2D eigenvalue weighted by atomic mass is 32.2. The zero-order valence-corrected chi connectivity index (χ0v) is 19.6. The minimum Gasteiger partial charge on any atom is -0.480 e. The van der Waals surface area contributed by atoms with Gasteiger partial charge in [0.25, 0.3) is 0 Å². The van der Waals surface area contributed by atoms with Crippen molar-refractivity contribution in [3.8, 4) is 0 Å². The molecule has 0 spiro atoms. The molecule has 2 rings (SSSR count). The van der Waals surface area contributed by atoms with Crippen molar-refractivity contribution in [1.29, 1.82) is 0 Å². The van der Waals surface area contributed by atoms with Gasteiger partial charge >= 0.3 is 25.2 Å². The topological polar surface area (TPSA) is 166 Å². The first-order valence-electron chi connectivity index (χ1n) is 9.82. The van der Waals surface area contributed by atoms with Crippen LogP contribution in [0.4, 0.5) is 8.78 Å². The van der Waals surface area contributed by atoms with Gasteiger partial charge in [-0.2, -0.15) is 8.78 Å². The highest BCUT2D eigenvalue weighted by molar-refractivity contribution is 7.90. The van der Waals surface area contributed by atoms with Crippen LogP contribution in [0.2, 0.25) is 0 Å². The van der Waals surface area contributed by atoms with Crippen molar-refractivity contribution < 1.29 is 51.4 Å². The largest absolute Gasteiger partial charge is 0.480 e. The minimum absolute atomic E-state index is 0.0423. The molecule has 4 N–H and O–H groups in total. The Kier molecular flexibility index (Phi) is 8.04. The van der Waals surface area contributed by atoms with Gasteiger partial charge < -0.3 is 20.0 Å². The lowest BCUT2D eigenvalue weighted by molar-refractivity contribution is -0.164. The van der Waals surface area contributed by atoms with Crippen LogP contribution < -0.4 is 0 Å². The highest BCUT2D eigenvalue weighted by Crippen LogP contribution is 2.59. The highest BCUT2D eigenvalue weighted by Gasteiger charge is 2.50. The third-order valence-electron chi connectivity index (χ3n) is 5.35. The molecule has 0 atom stereocenters. The van der Waals surface area contributed by atoms with Crippen molar-refractivity contribution in [1.82, 2.24) is 0 Å². The molecule has 0 aliphatic rings. The van der Waals surface area contributed by atoms with Crippen LogP contribution in [0.1, 0.15) is 29.2 Å². The Hall–Kier alpha value is -2.66. The second kappa shape index (κ2) is 9.91. The lowest BCUT2D eigenvalue weighted by Gasteiger charge is -2.26. The molecule has 0 bridgehead atoms. The Morgan fingerprint density at radius 1 is 0.853 bits per heavy atom. The van der Waals surface area contributed by atoms with E-state index < -0.39 is 58.9 Å². The summed E-state index contributed by atoms with van der Waals surface area (Å²) in [7, 11) is -9.10. The van der Waals surface area contributed by atoms with E-state index in [1.807, 2.05) is 0 Å². The van der Waals surface area contributed by atoms with Crippen LogP contribution in [0, 0.1) is 5.41 Å². The number of carboxylic acid groups (broad SMARTS) is 2. The molecule has 9 nitrogen and oxygen atoms in total. The summed E-state index contributed by atoms with van der Waals surface area (Å²) < 4.78 is 62.2. The lowest BCUT2D eigenvalue weighted by atomic mass is 9.76. The molecular weight excluding hydrogens is 497 g/mol. The monoisotopic (exact) mass is 520 g/mol. The number of sulfone groups is 1. The molecule has 0 aromatic heterocycles. The Bertz CT molecular complexity index is 1190. The molecule has 13 heteroatoms. The zero-order valence-electron chi connectivity index (χ0n) is 17.9. The second-order valence-corrected chi connectivity index (χ2v) is 11.8. The van der Waals surface area contributed by atoms with E-state index in [0.29, 0.717) is 23.3 Å². The summed E-state index contributed by atoms with van der Waals surface area (Å²) in [4.78, 5) is 41.7. The van der Waals surface area contributed by atoms with Crippen molar-refractivity contribution in [2.24, 2.45) is 5.41 Å². The van der Waals surface area contributed by atoms with E-state index in [-0.39, 0.29) is 17.1 Å². The number of carboxylic acids is 2. The minimum atomic E-state index is -5.80. The Morgan fingerprint density at radius 3 is 1.59 bits per heavy atom. The number of halogens is 2. The van der Waals surface area contributed by atoms with Crippen LogP contribution >= 0.6 is 7.60 Å². The van der Waals surface area contributed by atoms with Crippen LogP contribution in [0.25, 0.3) is 0 Å². The number of hydrogen-bond donors (Lipinski definition) is 4. The molecule has 0 amide bonds. The van der Waals surface area contributed by atoms with Gasteiger partial charge in [0.05, 0.1) is 5.75 Å². The summed E-state index contributed by atoms with van der Waals surface area (Å²) in [6, 6.07) is 9.12. The third-order valence-corrected chi connectivity index (χ3v) is 7.99. The standard InChI is InChI=1S/C21H23F2O9PS/c1-2-34(31,32)13-16-5-3-14(4-6-16)11-20(18(24)25,19(26)27)12-15-7-9-17(10-8-15)21(22,23)33(28,29)30/h3-10H,2,11-13H2,1H3,(H,24,25)(H,26,27)(H2,28,29,30). The number of alkyl halides is 2. The average molecular weight is 520 g/mol. The van der Waals surface area contributed by atoms with E-state index >= 15 is 0 Å². The van der Waals surface area contributed by atoms with Crippen LogP contribution in [-0.4, -0.2) is 46.1 Å². The summed E-state index contributed by atoms with van der Waals surface area (Å²) in [6.45, 7) is 1.50. The van der Waals surface area contributed by atoms with Crippen molar-refractivity contribution in [3.05, 3.63) is 70.8 Å². The normalized spacial score (nSPS) is 13.0. The quantitative estimate of drug-likeness (QED) is 0.257. The van der Waals surface area contributed by atoms with Crippen molar-refractivity contribution in [2.45, 2.75) is 31.2 Å². The van der Waals surface area contributed by atoms with E-state index in [1.54, 1.807) is 0 Å². The molecule has 0 fully saturated rings. The predicted octanol–water partition coefficient (Wildman–Crippen LogP) is 2.79. The third kappa shape index (κ3) is 6.06. The SMILES string of the molecule is CCS(=O)(=O)Cc1ccc(CC(Cc2ccc(C(F)(F)P(=O)(O)O)cc2)(C(=O)O)C(=O)O)cc1. The summed E-state index contributed by atoms with van der Waals surface area (Å²) in [5.41, 5.74) is -7.06. The summed E-state index contributed by atoms with van der Waals surface area (Å²) >= 11 is 0. The average Bonchev–Trinajstić information content (AvgIpc) is 2.73. The first-order valence-corrected chi connectivity index (χ1v) is 13.3. The fourth-order valence-electron chi connectivity index (χ4n) is 3.25. The molecule has 0 heterocycles. The summed E-state index contributed by atoms with van der Waals surface area (Å²) in [6.07, 6.45) is -1.09. The molecule has 2 aromatic rings. The van der Waals surface area contributed by atoms with Gasteiger partial charge in [-0.3, -0.25) is 14.2 Å². The summed E-state index contributed by atoms with van der Waals surface area (Å²) in [5, 5.41) is 19.5. The number of carbonyl (C=O) groups is 2. The first kappa shape index (κ1) is 27.6. The van der Waals surface area contributed by atoms with Crippen LogP contribution in [0.15, 0.2) is 48.5 Å². The van der Waals surface area contributed by atoms with Gasteiger partial charge in [0.1, 0.15) is 0 Å². The van der Waals surface area contributed by atoms with Gasteiger partial charge in [0.15, 0.2) is 15.3 Å². The maximum atomic E-state index is 13.8. The van der Waals surface area contributed by atoms with Gasteiger partial charge in [-0.1, -0.05) is 55.5 Å². The molecule has 34 heavy (non-hydrogen) atoms. The number of benzene rings is 2. The smallest absolute Gasteiger partial charge is 0.399 e. The van der Waals surface area contributed by atoms with Gasteiger partial charge in [-0.05, 0) is 29.5 Å². The molecule has 0 saturated carbocycles. The number of hydrogen-bond acceptors (Lipinski definition) is 5. The fourth-order valence-corrected chi connectivity index (χ4v) is 4.64. The van der Waals surface area contributed by atoms with Gasteiger partial charge in [0.2, 0.25) is 0 Å². The van der Waals surface area contributed by atoms with Crippen molar-refractivity contribution >= 4 is 29.4 Å². The first-order chi connectivity index (χ1) is 15.5. The van der Waals surface area contributed by atoms with E-state index in [2.05, 4.69) is 0 Å². The van der Waals surface area contributed by atoms with Crippen molar-refractivity contribution in [3.63, 3.8) is 0 Å². The summed E-state index contributed by atoms with van der Waals surface area (Å²) in [5.74, 6) is -3.64. The Morgan fingerprint density at radius 2 is 1.24 bits per heavy atom. The lowest BCUT2D eigenvalue weighted by Crippen LogP contribution is -2.43. The Balaban J connectivity index is 2.35. The Labute approximate surface area is 194 Å². The van der Waals surface area contributed by atoms with Gasteiger partial charge in [0, 0.05) is 11.3 Å². The predicted molar refractivity (Wildman–Crippen MR) is 117 cm³/mol. The van der Waals surface area contributed by atoms with E-state index in [9.17, 15) is 41.6 Å². The number of rotatable bonds is 11. The maximum absolute atomic E-state index is 13.8. The molecule has 186 valence electrons.